The Kier molecular flexibility index (Phi) is 5.33. The molecule has 1 N–H and O–H groups in total. The predicted octanol–water partition coefficient (Wildman–Crippen LogP) is 4.18. The third-order valence-corrected chi connectivity index (χ3v) is 5.97. The summed E-state index contributed by atoms with van der Waals surface area (Å²) in [6.45, 7) is 1.12. The number of hydrogen-bond donors (Lipinski definition) is 1. The lowest BCUT2D eigenvalue weighted by Gasteiger charge is -2.13. The number of ether oxygens (including phenoxy) is 2. The Morgan fingerprint density at radius 3 is 2.74 bits per heavy atom. The minimum Gasteiger partial charge on any atom is -0.487 e. The first-order chi connectivity index (χ1) is 12.6. The van der Waals surface area contributed by atoms with E-state index in [1.807, 2.05) is 4.72 Å². The highest BCUT2D eigenvalue weighted by molar-refractivity contribution is 9.10. The van der Waals surface area contributed by atoms with Gasteiger partial charge in [0, 0.05) is 17.5 Å². The molecule has 0 radical (unpaired) electrons. The number of carbonyl (C=O) groups excluding carboxylic acids is 1. The van der Waals surface area contributed by atoms with Crippen LogP contribution in [0, 0.1) is 11.6 Å². The molecule has 27 heavy (non-hydrogen) atoms. The molecule has 0 amide bonds. The van der Waals surface area contributed by atoms with Crippen LogP contribution in [0.1, 0.15) is 18.6 Å². The molecule has 0 bridgehead atoms. The van der Waals surface area contributed by atoms with Crippen molar-refractivity contribution in [3.63, 3.8) is 0 Å². The van der Waals surface area contributed by atoms with Gasteiger partial charge >= 0.3 is 5.97 Å². The van der Waals surface area contributed by atoms with Crippen LogP contribution in [0.5, 0.6) is 5.75 Å². The van der Waals surface area contributed by atoms with Gasteiger partial charge in [0.2, 0.25) is 0 Å². The van der Waals surface area contributed by atoms with Crippen LogP contribution >= 0.6 is 27.5 Å². The number of fused-ring (bicyclic) bond motifs is 1. The summed E-state index contributed by atoms with van der Waals surface area (Å²) < 4.78 is 65.0. The van der Waals surface area contributed by atoms with Gasteiger partial charge in [-0.1, -0.05) is 11.6 Å². The number of nitrogens with one attached hydrogen (secondary N) is 1. The van der Waals surface area contributed by atoms with Crippen molar-refractivity contribution in [3.8, 4) is 5.75 Å². The quantitative estimate of drug-likeness (QED) is 0.522. The van der Waals surface area contributed by atoms with Gasteiger partial charge in [0.25, 0.3) is 10.0 Å². The zero-order chi connectivity index (χ0) is 19.9. The molecule has 0 spiro atoms. The lowest BCUT2D eigenvalue weighted by molar-refractivity contribution is -0.147. The molecule has 1 aliphatic heterocycles. The van der Waals surface area contributed by atoms with Crippen LogP contribution in [0.25, 0.3) is 0 Å². The highest BCUT2D eigenvalue weighted by Crippen LogP contribution is 2.42. The second kappa shape index (κ2) is 7.25. The fourth-order valence-electron chi connectivity index (χ4n) is 2.53. The number of anilines is 1. The SMILES string of the molecule is CC(=O)O[C@H]1COc2c1cc(Cl)cc2S(=O)(=O)Nc1ccc(F)c(Br)c1F. The lowest BCUT2D eigenvalue weighted by atomic mass is 10.1. The van der Waals surface area contributed by atoms with Crippen molar-refractivity contribution in [2.75, 3.05) is 11.3 Å². The van der Waals surface area contributed by atoms with Gasteiger partial charge in [-0.2, -0.15) is 0 Å². The largest absolute Gasteiger partial charge is 0.487 e. The third kappa shape index (κ3) is 3.87. The number of sulfonamides is 1. The molecule has 11 heteroatoms. The van der Waals surface area contributed by atoms with Gasteiger partial charge in [-0.3, -0.25) is 9.52 Å². The smallest absolute Gasteiger partial charge is 0.303 e. The molecule has 0 saturated heterocycles. The zero-order valence-corrected chi connectivity index (χ0v) is 16.7. The fraction of sp³-hybridized carbons (Fsp3) is 0.188. The minimum atomic E-state index is -4.35. The Morgan fingerprint density at radius 1 is 1.37 bits per heavy atom. The van der Waals surface area contributed by atoms with Crippen LogP contribution in [0.3, 0.4) is 0 Å². The Labute approximate surface area is 166 Å². The van der Waals surface area contributed by atoms with E-state index in [2.05, 4.69) is 15.9 Å². The molecule has 0 aromatic heterocycles. The van der Waals surface area contributed by atoms with E-state index in [1.165, 1.54) is 13.0 Å². The maximum Gasteiger partial charge on any atom is 0.303 e. The van der Waals surface area contributed by atoms with E-state index >= 15 is 0 Å². The number of benzene rings is 2. The number of rotatable bonds is 4. The summed E-state index contributed by atoms with van der Waals surface area (Å²) in [6.07, 6.45) is -0.818. The number of esters is 1. The van der Waals surface area contributed by atoms with Crippen LogP contribution in [0.15, 0.2) is 33.6 Å². The van der Waals surface area contributed by atoms with Gasteiger partial charge in [-0.15, -0.1) is 0 Å². The van der Waals surface area contributed by atoms with Gasteiger partial charge in [0.15, 0.2) is 11.9 Å². The van der Waals surface area contributed by atoms with Crippen LogP contribution in [0.4, 0.5) is 14.5 Å². The molecule has 0 saturated carbocycles. The maximum atomic E-state index is 14.1. The Morgan fingerprint density at radius 2 is 2.07 bits per heavy atom. The second-order valence-corrected chi connectivity index (χ2v) is 8.44. The Balaban J connectivity index is 2.04. The average molecular weight is 483 g/mol. The van der Waals surface area contributed by atoms with Crippen molar-refractivity contribution in [1.29, 1.82) is 0 Å². The van der Waals surface area contributed by atoms with Gasteiger partial charge in [0.1, 0.15) is 23.1 Å². The van der Waals surface area contributed by atoms with Crippen LogP contribution < -0.4 is 9.46 Å². The Bertz CT molecular complexity index is 1050. The summed E-state index contributed by atoms with van der Waals surface area (Å²) >= 11 is 8.70. The monoisotopic (exact) mass is 481 g/mol. The van der Waals surface area contributed by atoms with Crippen LogP contribution in [-0.4, -0.2) is 21.0 Å². The Hall–Kier alpha value is -1.91. The summed E-state index contributed by atoms with van der Waals surface area (Å²) in [5.74, 6) is -2.63. The van der Waals surface area contributed by atoms with E-state index in [0.717, 1.165) is 18.2 Å². The minimum absolute atomic E-state index is 0.0533. The molecule has 3 rings (SSSR count). The molecule has 0 aliphatic carbocycles. The van der Waals surface area contributed by atoms with Gasteiger partial charge in [0.05, 0.1) is 10.2 Å². The topological polar surface area (TPSA) is 81.7 Å². The lowest BCUT2D eigenvalue weighted by Crippen LogP contribution is -2.15. The van der Waals surface area contributed by atoms with E-state index in [9.17, 15) is 22.0 Å². The molecule has 2 aromatic carbocycles. The van der Waals surface area contributed by atoms with Gasteiger partial charge in [-0.25, -0.2) is 17.2 Å². The molecule has 6 nitrogen and oxygen atoms in total. The van der Waals surface area contributed by atoms with Gasteiger partial charge in [-0.05, 0) is 40.2 Å². The molecule has 1 aliphatic rings. The van der Waals surface area contributed by atoms with E-state index in [1.54, 1.807) is 0 Å². The molecular weight excluding hydrogens is 472 g/mol. The molecule has 2 aromatic rings. The predicted molar refractivity (Wildman–Crippen MR) is 96.3 cm³/mol. The van der Waals surface area contributed by atoms with E-state index in [4.69, 9.17) is 21.1 Å². The standard InChI is InChI=1S/C16H11BrClF2NO5S/c1-7(22)26-12-6-25-16-9(12)4-8(18)5-13(16)27(23,24)21-11-3-2-10(19)14(17)15(11)20/h2-5,12,21H,6H2,1H3/t12-/m0/s1. The van der Waals surface area contributed by atoms with Gasteiger partial charge < -0.3 is 9.47 Å². The van der Waals surface area contributed by atoms with E-state index in [-0.39, 0.29) is 27.8 Å². The molecule has 1 heterocycles. The summed E-state index contributed by atoms with van der Waals surface area (Å²) in [5, 5.41) is 0.0533. The summed E-state index contributed by atoms with van der Waals surface area (Å²) in [4.78, 5) is 10.8. The van der Waals surface area contributed by atoms with Crippen LogP contribution in [-0.2, 0) is 19.6 Å². The summed E-state index contributed by atoms with van der Waals surface area (Å²) in [6, 6.07) is 4.39. The average Bonchev–Trinajstić information content (AvgIpc) is 2.96. The summed E-state index contributed by atoms with van der Waals surface area (Å²) in [7, 11) is -4.35. The normalized spacial score (nSPS) is 15.8. The molecule has 0 fully saturated rings. The first kappa shape index (κ1) is 19.8. The maximum absolute atomic E-state index is 14.1. The third-order valence-electron chi connectivity index (χ3n) is 3.65. The van der Waals surface area contributed by atoms with Crippen LogP contribution in [0.2, 0.25) is 5.02 Å². The van der Waals surface area contributed by atoms with Crippen molar-refractivity contribution >= 4 is 49.2 Å². The van der Waals surface area contributed by atoms with Crippen molar-refractivity contribution < 1.29 is 31.5 Å². The van der Waals surface area contributed by atoms with Crippen molar-refractivity contribution in [2.24, 2.45) is 0 Å². The molecule has 1 atom stereocenters. The first-order valence-electron chi connectivity index (χ1n) is 7.40. The second-order valence-electron chi connectivity index (χ2n) is 5.56. The number of hydrogen-bond acceptors (Lipinski definition) is 5. The van der Waals surface area contributed by atoms with E-state index < -0.39 is 43.9 Å². The number of carbonyl (C=O) groups is 1. The highest BCUT2D eigenvalue weighted by Gasteiger charge is 2.34. The van der Waals surface area contributed by atoms with Crippen molar-refractivity contribution in [1.82, 2.24) is 0 Å². The van der Waals surface area contributed by atoms with Crippen molar-refractivity contribution in [2.45, 2.75) is 17.9 Å². The molecule has 144 valence electrons. The number of halogens is 4. The fourth-order valence-corrected chi connectivity index (χ4v) is 4.43. The zero-order valence-electron chi connectivity index (χ0n) is 13.6. The molecular formula is C16H11BrClF2NO5S. The summed E-state index contributed by atoms with van der Waals surface area (Å²) in [5.41, 5.74) is -0.189. The van der Waals surface area contributed by atoms with E-state index in [0.29, 0.717) is 0 Å². The highest BCUT2D eigenvalue weighted by atomic mass is 79.9. The van der Waals surface area contributed by atoms with Crippen molar-refractivity contribution in [3.05, 3.63) is 51.0 Å². The molecule has 0 unspecified atom stereocenters. The first-order valence-corrected chi connectivity index (χ1v) is 10.1.